The van der Waals surface area contributed by atoms with E-state index in [1.165, 1.54) is 0 Å². The van der Waals surface area contributed by atoms with Gasteiger partial charge in [0.05, 0.1) is 5.92 Å². The van der Waals surface area contributed by atoms with Crippen molar-refractivity contribution in [3.8, 4) is 0 Å². The van der Waals surface area contributed by atoms with Crippen molar-refractivity contribution in [1.82, 2.24) is 0 Å². The van der Waals surface area contributed by atoms with Crippen molar-refractivity contribution in [2.75, 3.05) is 0 Å². The summed E-state index contributed by atoms with van der Waals surface area (Å²) in [7, 11) is 0. The third kappa shape index (κ3) is 2.36. The standard InChI is InChI=1S/C22H28O5/c1-11(20(26)27)14-6-7-15-13-5-4-12-8-17(23)18(24)10-21(12,2)16(13)9-19(25)22(14,15)3/h4-5,8,11,13-16,18,24H,6-7,9-10H2,1-3H3,(H,26,27)/t11-,13+,14-,15+,16+,18+,21+,22-/m1/s1. The molecule has 4 aliphatic carbocycles. The number of carbonyl (C=O) groups is 3. The summed E-state index contributed by atoms with van der Waals surface area (Å²) in [5, 5.41) is 19.7. The van der Waals surface area contributed by atoms with E-state index in [1.807, 2.05) is 13.0 Å². The first-order chi connectivity index (χ1) is 12.6. The zero-order chi connectivity index (χ0) is 19.7. The van der Waals surface area contributed by atoms with Crippen LogP contribution in [0.25, 0.3) is 0 Å². The fourth-order valence-electron chi connectivity index (χ4n) is 6.79. The smallest absolute Gasteiger partial charge is 0.306 e. The van der Waals surface area contributed by atoms with Gasteiger partial charge in [0.2, 0.25) is 0 Å². The first kappa shape index (κ1) is 18.6. The highest BCUT2D eigenvalue weighted by Crippen LogP contribution is 2.64. The lowest BCUT2D eigenvalue weighted by molar-refractivity contribution is -0.152. The molecule has 0 aliphatic heterocycles. The van der Waals surface area contributed by atoms with Gasteiger partial charge in [0.15, 0.2) is 5.78 Å². The lowest BCUT2D eigenvalue weighted by Crippen LogP contribution is -2.55. The number of fused-ring (bicyclic) bond motifs is 5. The maximum absolute atomic E-state index is 13.4. The minimum atomic E-state index is -1.00. The number of allylic oxidation sites excluding steroid dienone is 3. The highest BCUT2D eigenvalue weighted by molar-refractivity contribution is 5.96. The fourth-order valence-corrected chi connectivity index (χ4v) is 6.79. The molecule has 27 heavy (non-hydrogen) atoms. The Morgan fingerprint density at radius 1 is 1.22 bits per heavy atom. The molecule has 8 atom stereocenters. The summed E-state index contributed by atoms with van der Waals surface area (Å²) in [6, 6.07) is 0. The van der Waals surface area contributed by atoms with E-state index in [2.05, 4.69) is 13.0 Å². The number of aliphatic hydroxyl groups is 1. The second-order valence-corrected chi connectivity index (χ2v) is 9.51. The molecule has 0 aromatic carbocycles. The van der Waals surface area contributed by atoms with Crippen molar-refractivity contribution in [3.05, 3.63) is 23.8 Å². The van der Waals surface area contributed by atoms with Gasteiger partial charge in [0, 0.05) is 11.8 Å². The average Bonchev–Trinajstić information content (AvgIpc) is 2.95. The van der Waals surface area contributed by atoms with Crippen LogP contribution in [0.5, 0.6) is 0 Å². The predicted octanol–water partition coefficient (Wildman–Crippen LogP) is 2.78. The summed E-state index contributed by atoms with van der Waals surface area (Å²) in [6.45, 7) is 5.77. The van der Waals surface area contributed by atoms with Crippen LogP contribution in [0.15, 0.2) is 23.8 Å². The van der Waals surface area contributed by atoms with E-state index < -0.39 is 23.4 Å². The Balaban J connectivity index is 1.75. The van der Waals surface area contributed by atoms with Crippen molar-refractivity contribution in [3.63, 3.8) is 0 Å². The molecule has 5 nitrogen and oxygen atoms in total. The number of carboxylic acid groups (broad SMARTS) is 1. The molecule has 0 unspecified atom stereocenters. The van der Waals surface area contributed by atoms with Crippen molar-refractivity contribution in [2.45, 2.75) is 52.6 Å². The molecule has 2 saturated carbocycles. The van der Waals surface area contributed by atoms with Crippen LogP contribution in [0.1, 0.15) is 46.5 Å². The Morgan fingerprint density at radius 3 is 2.59 bits per heavy atom. The molecule has 0 aromatic heterocycles. The van der Waals surface area contributed by atoms with Crippen LogP contribution in [-0.2, 0) is 14.4 Å². The number of rotatable bonds is 2. The number of carboxylic acids is 1. The van der Waals surface area contributed by atoms with E-state index in [4.69, 9.17) is 0 Å². The SMILES string of the molecule is C[C@@H](C(=O)O)[C@H]1CC[C@H]2[C@@H]3C=CC4=CC(=O)[C@@H](O)C[C@]4(C)[C@H]3CC(=O)[C@]12C. The van der Waals surface area contributed by atoms with Crippen molar-refractivity contribution >= 4 is 17.5 Å². The number of hydrogen-bond acceptors (Lipinski definition) is 4. The molecule has 0 aromatic rings. The van der Waals surface area contributed by atoms with Crippen LogP contribution < -0.4 is 0 Å². The predicted molar refractivity (Wildman–Crippen MR) is 98.7 cm³/mol. The van der Waals surface area contributed by atoms with Gasteiger partial charge < -0.3 is 10.2 Å². The minimum absolute atomic E-state index is 0.0564. The average molecular weight is 372 g/mol. The summed E-state index contributed by atoms with van der Waals surface area (Å²) in [6.07, 6.45) is 7.06. The quantitative estimate of drug-likeness (QED) is 0.778. The van der Waals surface area contributed by atoms with E-state index in [0.29, 0.717) is 12.8 Å². The van der Waals surface area contributed by atoms with Gasteiger partial charge >= 0.3 is 5.97 Å². The molecule has 0 spiro atoms. The zero-order valence-electron chi connectivity index (χ0n) is 16.1. The second-order valence-electron chi connectivity index (χ2n) is 9.51. The Kier molecular flexibility index (Phi) is 4.05. The Bertz CT molecular complexity index is 780. The van der Waals surface area contributed by atoms with Crippen LogP contribution in [0.2, 0.25) is 0 Å². The number of ketones is 2. The molecule has 0 saturated heterocycles. The Labute approximate surface area is 159 Å². The van der Waals surface area contributed by atoms with Crippen LogP contribution >= 0.6 is 0 Å². The third-order valence-corrected chi connectivity index (χ3v) is 8.48. The zero-order valence-corrected chi connectivity index (χ0v) is 16.1. The van der Waals surface area contributed by atoms with Crippen molar-refractivity contribution in [2.24, 2.45) is 40.4 Å². The molecular formula is C22H28O5. The molecule has 2 N–H and O–H groups in total. The van der Waals surface area contributed by atoms with E-state index in [9.17, 15) is 24.6 Å². The van der Waals surface area contributed by atoms with Crippen molar-refractivity contribution in [1.29, 1.82) is 0 Å². The highest BCUT2D eigenvalue weighted by atomic mass is 16.4. The molecule has 5 heteroatoms. The summed E-state index contributed by atoms with van der Waals surface area (Å²) in [4.78, 5) is 36.9. The van der Waals surface area contributed by atoms with E-state index >= 15 is 0 Å². The molecule has 0 amide bonds. The summed E-state index contributed by atoms with van der Waals surface area (Å²) in [5.41, 5.74) is -0.0755. The molecule has 146 valence electrons. The molecule has 0 heterocycles. The summed E-state index contributed by atoms with van der Waals surface area (Å²) < 4.78 is 0. The minimum Gasteiger partial charge on any atom is -0.481 e. The van der Waals surface area contributed by atoms with Crippen LogP contribution in [0.4, 0.5) is 0 Å². The number of Topliss-reactive ketones (excluding diaryl/α,β-unsaturated/α-hetero) is 1. The van der Waals surface area contributed by atoms with Crippen LogP contribution in [0, 0.1) is 40.4 Å². The van der Waals surface area contributed by atoms with Crippen molar-refractivity contribution < 1.29 is 24.6 Å². The number of aliphatic hydroxyl groups excluding tert-OH is 1. The third-order valence-electron chi connectivity index (χ3n) is 8.48. The lowest BCUT2D eigenvalue weighted by atomic mass is 9.47. The van der Waals surface area contributed by atoms with Gasteiger partial charge in [-0.05, 0) is 60.0 Å². The molecular weight excluding hydrogens is 344 g/mol. The second kappa shape index (κ2) is 5.87. The maximum Gasteiger partial charge on any atom is 0.306 e. The molecule has 0 bridgehead atoms. The van der Waals surface area contributed by atoms with E-state index in [1.54, 1.807) is 13.0 Å². The monoisotopic (exact) mass is 372 g/mol. The largest absolute Gasteiger partial charge is 0.481 e. The van der Waals surface area contributed by atoms with E-state index in [-0.39, 0.29) is 40.7 Å². The first-order valence-electron chi connectivity index (χ1n) is 9.99. The summed E-state index contributed by atoms with van der Waals surface area (Å²) in [5.74, 6) is -1.23. The van der Waals surface area contributed by atoms with Gasteiger partial charge in [-0.1, -0.05) is 32.9 Å². The number of hydrogen-bond donors (Lipinski definition) is 2. The van der Waals surface area contributed by atoms with Gasteiger partial charge in [-0.15, -0.1) is 0 Å². The fraction of sp³-hybridized carbons (Fsp3) is 0.682. The maximum atomic E-state index is 13.4. The van der Waals surface area contributed by atoms with Crippen LogP contribution in [0.3, 0.4) is 0 Å². The van der Waals surface area contributed by atoms with Gasteiger partial charge in [0.1, 0.15) is 11.9 Å². The topological polar surface area (TPSA) is 91.7 Å². The number of aliphatic carboxylic acids is 1. The molecule has 4 rings (SSSR count). The van der Waals surface area contributed by atoms with Gasteiger partial charge in [0.25, 0.3) is 0 Å². The van der Waals surface area contributed by atoms with Gasteiger partial charge in [-0.3, -0.25) is 14.4 Å². The Morgan fingerprint density at radius 2 is 1.93 bits per heavy atom. The molecule has 0 radical (unpaired) electrons. The molecule has 2 fully saturated rings. The number of carbonyl (C=O) groups excluding carboxylic acids is 2. The Hall–Kier alpha value is -1.75. The molecule has 4 aliphatic rings. The van der Waals surface area contributed by atoms with Gasteiger partial charge in [-0.25, -0.2) is 0 Å². The summed E-state index contributed by atoms with van der Waals surface area (Å²) >= 11 is 0. The lowest BCUT2D eigenvalue weighted by Gasteiger charge is -2.55. The highest BCUT2D eigenvalue weighted by Gasteiger charge is 2.63. The van der Waals surface area contributed by atoms with Gasteiger partial charge in [-0.2, -0.15) is 0 Å². The van der Waals surface area contributed by atoms with Crippen LogP contribution in [-0.4, -0.2) is 33.9 Å². The normalized spacial score (nSPS) is 47.0. The first-order valence-corrected chi connectivity index (χ1v) is 9.99. The van der Waals surface area contributed by atoms with E-state index in [0.717, 1.165) is 18.4 Å².